The van der Waals surface area contributed by atoms with Crippen LogP contribution < -0.4 is 15.0 Å². The van der Waals surface area contributed by atoms with E-state index in [4.69, 9.17) is 4.74 Å². The average Bonchev–Trinajstić information content (AvgIpc) is 2.67. The van der Waals surface area contributed by atoms with Crippen LogP contribution in [0.5, 0.6) is 5.75 Å². The number of hydrogen-bond acceptors (Lipinski definition) is 4. The van der Waals surface area contributed by atoms with Crippen molar-refractivity contribution in [1.29, 1.82) is 0 Å². The highest BCUT2D eigenvalue weighted by Crippen LogP contribution is 2.20. The largest absolute Gasteiger partial charge is 0.484 e. The van der Waals surface area contributed by atoms with Crippen molar-refractivity contribution in [3.63, 3.8) is 0 Å². The number of aromatic nitrogens is 1. The summed E-state index contributed by atoms with van der Waals surface area (Å²) in [6.45, 7) is 2.75. The van der Waals surface area contributed by atoms with Crippen molar-refractivity contribution in [3.05, 3.63) is 54.7 Å². The van der Waals surface area contributed by atoms with Crippen molar-refractivity contribution in [2.24, 2.45) is 5.92 Å². The number of hydrogen-bond donors (Lipinski definition) is 1. The highest BCUT2D eigenvalue weighted by Gasteiger charge is 2.20. The van der Waals surface area contributed by atoms with Gasteiger partial charge >= 0.3 is 0 Å². The van der Waals surface area contributed by atoms with Gasteiger partial charge in [0.1, 0.15) is 11.6 Å². The molecule has 1 aliphatic heterocycles. The molecule has 1 aromatic heterocycles. The van der Waals surface area contributed by atoms with Crippen LogP contribution in [0.25, 0.3) is 0 Å². The second kappa shape index (κ2) is 8.34. The fourth-order valence-corrected chi connectivity index (χ4v) is 2.88. The Bertz CT molecular complexity index is 626. The highest BCUT2D eigenvalue weighted by atomic mass is 16.5. The van der Waals surface area contributed by atoms with E-state index in [1.165, 1.54) is 0 Å². The van der Waals surface area contributed by atoms with Crippen LogP contribution >= 0.6 is 0 Å². The second-order valence-corrected chi connectivity index (χ2v) is 6.02. The minimum absolute atomic E-state index is 0.0639. The molecule has 2 heterocycles. The summed E-state index contributed by atoms with van der Waals surface area (Å²) < 4.78 is 5.45. The Hall–Kier alpha value is -2.56. The van der Waals surface area contributed by atoms with E-state index in [9.17, 15) is 4.79 Å². The van der Waals surface area contributed by atoms with Crippen LogP contribution in [0.15, 0.2) is 54.7 Å². The fourth-order valence-electron chi connectivity index (χ4n) is 2.88. The molecule has 2 aromatic rings. The summed E-state index contributed by atoms with van der Waals surface area (Å²) >= 11 is 0. The Morgan fingerprint density at radius 3 is 2.58 bits per heavy atom. The molecule has 1 N–H and O–H groups in total. The molecule has 5 heteroatoms. The van der Waals surface area contributed by atoms with Gasteiger partial charge in [-0.25, -0.2) is 4.98 Å². The van der Waals surface area contributed by atoms with Gasteiger partial charge in [0.15, 0.2) is 6.61 Å². The van der Waals surface area contributed by atoms with Gasteiger partial charge in [0.05, 0.1) is 0 Å². The fraction of sp³-hybridized carbons (Fsp3) is 0.368. The molecule has 0 saturated carbocycles. The summed E-state index contributed by atoms with van der Waals surface area (Å²) in [5.74, 6) is 2.21. The van der Waals surface area contributed by atoms with Gasteiger partial charge in [-0.05, 0) is 43.0 Å². The number of rotatable bonds is 6. The minimum atomic E-state index is -0.0639. The van der Waals surface area contributed by atoms with E-state index in [2.05, 4.69) is 15.2 Å². The number of ether oxygens (including phenoxy) is 1. The third-order valence-corrected chi connectivity index (χ3v) is 4.29. The van der Waals surface area contributed by atoms with Crippen molar-refractivity contribution in [2.45, 2.75) is 12.8 Å². The summed E-state index contributed by atoms with van der Waals surface area (Å²) in [5.41, 5.74) is 0. The summed E-state index contributed by atoms with van der Waals surface area (Å²) in [6, 6.07) is 15.4. The zero-order valence-electron chi connectivity index (χ0n) is 13.7. The van der Waals surface area contributed by atoms with E-state index in [0.717, 1.165) is 37.5 Å². The monoisotopic (exact) mass is 325 g/mol. The summed E-state index contributed by atoms with van der Waals surface area (Å²) in [7, 11) is 0. The lowest BCUT2D eigenvalue weighted by atomic mass is 9.97. The molecule has 1 amide bonds. The van der Waals surface area contributed by atoms with Gasteiger partial charge in [0.25, 0.3) is 5.91 Å². The number of pyridine rings is 1. The van der Waals surface area contributed by atoms with Crippen LogP contribution in [0, 0.1) is 5.92 Å². The third-order valence-electron chi connectivity index (χ3n) is 4.29. The first-order valence-electron chi connectivity index (χ1n) is 8.42. The molecule has 1 aromatic carbocycles. The second-order valence-electron chi connectivity index (χ2n) is 6.02. The average molecular weight is 325 g/mol. The molecule has 1 saturated heterocycles. The molecule has 0 bridgehead atoms. The van der Waals surface area contributed by atoms with Crippen LogP contribution in [-0.4, -0.2) is 37.1 Å². The molecule has 1 aliphatic rings. The summed E-state index contributed by atoms with van der Waals surface area (Å²) in [5, 5.41) is 2.98. The molecular formula is C19H23N3O2. The SMILES string of the molecule is O=C(COc1ccccc1)NCC1CCN(c2ccccn2)CC1. The first kappa shape index (κ1) is 16.3. The van der Waals surface area contributed by atoms with Gasteiger partial charge in [-0.15, -0.1) is 0 Å². The maximum Gasteiger partial charge on any atom is 0.257 e. The molecular weight excluding hydrogens is 302 g/mol. The van der Waals surface area contributed by atoms with Gasteiger partial charge < -0.3 is 15.0 Å². The van der Waals surface area contributed by atoms with Crippen molar-refractivity contribution < 1.29 is 9.53 Å². The van der Waals surface area contributed by atoms with Crippen molar-refractivity contribution >= 4 is 11.7 Å². The Balaban J connectivity index is 1.35. The minimum Gasteiger partial charge on any atom is -0.484 e. The van der Waals surface area contributed by atoms with E-state index in [1.807, 2.05) is 54.7 Å². The molecule has 0 atom stereocenters. The number of carbonyl (C=O) groups excluding carboxylic acids is 1. The molecule has 0 aliphatic carbocycles. The number of nitrogens with zero attached hydrogens (tertiary/aromatic N) is 2. The smallest absolute Gasteiger partial charge is 0.257 e. The molecule has 5 nitrogen and oxygen atoms in total. The normalized spacial score (nSPS) is 15.1. The Morgan fingerprint density at radius 1 is 1.12 bits per heavy atom. The molecule has 3 rings (SSSR count). The zero-order chi connectivity index (χ0) is 16.6. The predicted octanol–water partition coefficient (Wildman–Crippen LogP) is 2.49. The van der Waals surface area contributed by atoms with E-state index in [1.54, 1.807) is 0 Å². The summed E-state index contributed by atoms with van der Waals surface area (Å²) in [4.78, 5) is 18.6. The summed E-state index contributed by atoms with van der Waals surface area (Å²) in [6.07, 6.45) is 3.96. The number of carbonyl (C=O) groups is 1. The van der Waals surface area contributed by atoms with Gasteiger partial charge in [0, 0.05) is 25.8 Å². The number of benzene rings is 1. The molecule has 126 valence electrons. The van der Waals surface area contributed by atoms with E-state index in [0.29, 0.717) is 12.5 Å². The number of nitrogens with one attached hydrogen (secondary N) is 1. The molecule has 0 spiro atoms. The van der Waals surface area contributed by atoms with E-state index >= 15 is 0 Å². The quantitative estimate of drug-likeness (QED) is 0.886. The highest BCUT2D eigenvalue weighted by molar-refractivity contribution is 5.77. The maximum absolute atomic E-state index is 11.9. The van der Waals surface area contributed by atoms with Crippen LogP contribution in [0.3, 0.4) is 0 Å². The van der Waals surface area contributed by atoms with Crippen LogP contribution in [0.2, 0.25) is 0 Å². The molecule has 24 heavy (non-hydrogen) atoms. The third kappa shape index (κ3) is 4.72. The maximum atomic E-state index is 11.9. The standard InChI is InChI=1S/C19H23N3O2/c23-19(15-24-17-6-2-1-3-7-17)21-14-16-9-12-22(13-10-16)18-8-4-5-11-20-18/h1-8,11,16H,9-10,12-15H2,(H,21,23). The van der Waals surface area contributed by atoms with E-state index < -0.39 is 0 Å². The van der Waals surface area contributed by atoms with Crippen molar-refractivity contribution in [3.8, 4) is 5.75 Å². The topological polar surface area (TPSA) is 54.5 Å². The molecule has 0 radical (unpaired) electrons. The van der Waals surface area contributed by atoms with Crippen molar-refractivity contribution in [1.82, 2.24) is 10.3 Å². The number of piperidine rings is 1. The lowest BCUT2D eigenvalue weighted by Gasteiger charge is -2.32. The Morgan fingerprint density at radius 2 is 1.88 bits per heavy atom. The zero-order valence-corrected chi connectivity index (χ0v) is 13.7. The van der Waals surface area contributed by atoms with Crippen molar-refractivity contribution in [2.75, 3.05) is 31.1 Å². The first-order valence-corrected chi connectivity index (χ1v) is 8.42. The Labute approximate surface area is 142 Å². The lowest BCUT2D eigenvalue weighted by molar-refractivity contribution is -0.123. The van der Waals surface area contributed by atoms with Gasteiger partial charge in [-0.2, -0.15) is 0 Å². The van der Waals surface area contributed by atoms with E-state index in [-0.39, 0.29) is 12.5 Å². The van der Waals surface area contributed by atoms with Crippen LogP contribution in [0.1, 0.15) is 12.8 Å². The first-order chi connectivity index (χ1) is 11.8. The van der Waals surface area contributed by atoms with Gasteiger partial charge in [-0.1, -0.05) is 24.3 Å². The predicted molar refractivity (Wildman–Crippen MR) is 94.1 cm³/mol. The number of para-hydroxylation sites is 1. The number of amides is 1. The molecule has 1 fully saturated rings. The van der Waals surface area contributed by atoms with Gasteiger partial charge in [0.2, 0.25) is 0 Å². The van der Waals surface area contributed by atoms with Gasteiger partial charge in [-0.3, -0.25) is 4.79 Å². The van der Waals surface area contributed by atoms with Crippen LogP contribution in [-0.2, 0) is 4.79 Å². The molecule has 0 unspecified atom stereocenters. The van der Waals surface area contributed by atoms with Crippen LogP contribution in [0.4, 0.5) is 5.82 Å². The number of anilines is 1. The lowest BCUT2D eigenvalue weighted by Crippen LogP contribution is -2.40. The Kier molecular flexibility index (Phi) is 5.66.